The first kappa shape index (κ1) is 19.7. The molecule has 152 valence electrons. The van der Waals surface area contributed by atoms with Crippen molar-refractivity contribution in [2.75, 3.05) is 0 Å². The van der Waals surface area contributed by atoms with Gasteiger partial charge in [0.2, 0.25) is 0 Å². The van der Waals surface area contributed by atoms with Crippen molar-refractivity contribution in [3.63, 3.8) is 0 Å². The Morgan fingerprint density at radius 1 is 1.14 bits per heavy atom. The number of hydrogen-bond acceptors (Lipinski definition) is 4. The van der Waals surface area contributed by atoms with Gasteiger partial charge < -0.3 is 4.57 Å². The molecular weight excluding hydrogens is 389 g/mol. The molecule has 1 N–H and O–H groups in total. The molecule has 4 aromatic rings. The molecule has 4 heterocycles. The van der Waals surface area contributed by atoms with Crippen LogP contribution in [0.2, 0.25) is 0 Å². The molecule has 1 aliphatic carbocycles. The van der Waals surface area contributed by atoms with E-state index in [0.717, 1.165) is 29.7 Å². The Balaban J connectivity index is 0.000000294. The zero-order valence-electron chi connectivity index (χ0n) is 16.5. The van der Waals surface area contributed by atoms with Gasteiger partial charge in [-0.3, -0.25) is 9.89 Å². The number of pyridine rings is 2. The predicted octanol–water partition coefficient (Wildman–Crippen LogP) is 5.20. The summed E-state index contributed by atoms with van der Waals surface area (Å²) in [7, 11) is 0. The summed E-state index contributed by atoms with van der Waals surface area (Å²) in [5, 5.41) is 7.82. The molecule has 29 heavy (non-hydrogen) atoms. The minimum absolute atomic E-state index is 0.0320. The van der Waals surface area contributed by atoms with E-state index in [1.807, 2.05) is 25.4 Å². The minimum Gasteiger partial charge on any atom is -0.344 e. The van der Waals surface area contributed by atoms with Crippen molar-refractivity contribution in [3.05, 3.63) is 58.9 Å². The molecule has 1 fully saturated rings. The average molecular weight is 414 g/mol. The third-order valence-electron chi connectivity index (χ3n) is 5.65. The summed E-state index contributed by atoms with van der Waals surface area (Å²) in [6.07, 6.45) is 13.4. The maximum absolute atomic E-state index is 13.0. The number of aromatic nitrogens is 5. The highest BCUT2D eigenvalue weighted by Crippen LogP contribution is 2.35. The third-order valence-corrected chi connectivity index (χ3v) is 6.09. The molecule has 0 spiro atoms. The Kier molecular flexibility index (Phi) is 5.71. The fraction of sp³-hybridized carbons (Fsp3) is 0.381. The van der Waals surface area contributed by atoms with E-state index in [2.05, 4.69) is 26.7 Å². The van der Waals surface area contributed by atoms with Crippen LogP contribution in [0.1, 0.15) is 44.2 Å². The number of aryl methyl sites for hydroxylation is 1. The van der Waals surface area contributed by atoms with Gasteiger partial charge in [0.15, 0.2) is 23.4 Å². The summed E-state index contributed by atoms with van der Waals surface area (Å²) in [5.74, 6) is 0.766. The number of fused-ring (bicyclic) bond motifs is 3. The predicted molar refractivity (Wildman–Crippen MR) is 116 cm³/mol. The van der Waals surface area contributed by atoms with E-state index in [4.69, 9.17) is 0 Å². The van der Waals surface area contributed by atoms with Gasteiger partial charge >= 0.3 is 0 Å². The van der Waals surface area contributed by atoms with Crippen LogP contribution < -0.4 is 5.43 Å². The summed E-state index contributed by atoms with van der Waals surface area (Å²) in [6, 6.07) is 3.86. The molecular formula is C21H24FN5OS. The van der Waals surface area contributed by atoms with Crippen molar-refractivity contribution >= 4 is 34.3 Å². The van der Waals surface area contributed by atoms with Gasteiger partial charge in [0.1, 0.15) is 0 Å². The summed E-state index contributed by atoms with van der Waals surface area (Å²) in [4.78, 5) is 16.5. The van der Waals surface area contributed by atoms with Crippen molar-refractivity contribution in [1.29, 1.82) is 0 Å². The van der Waals surface area contributed by atoms with Crippen LogP contribution in [0.15, 0.2) is 47.9 Å². The second-order valence-electron chi connectivity index (χ2n) is 7.74. The lowest BCUT2D eigenvalue weighted by Gasteiger charge is -2.29. The number of hydrogen-bond donors (Lipinski definition) is 1. The highest BCUT2D eigenvalue weighted by atomic mass is 32.2. The van der Waals surface area contributed by atoms with E-state index in [9.17, 15) is 8.68 Å². The standard InChI is InChI=1S/C17H18FN3OS.C4H6N2/c1-11-2-4-12(5-3-11)20-8-7-15(22)14-10-19-17-13(16(14)20)6-9-21(17)23-18;1-4-2-5-6-3-4/h6-12H,2-5H2,1H3;2-3H,1H3,(H,5,6). The first-order chi connectivity index (χ1) is 14.1. The molecule has 1 saturated carbocycles. The second-order valence-corrected chi connectivity index (χ2v) is 8.28. The normalized spacial score (nSPS) is 19.3. The van der Waals surface area contributed by atoms with Crippen molar-refractivity contribution in [2.24, 2.45) is 5.92 Å². The molecule has 0 aromatic carbocycles. The largest absolute Gasteiger partial charge is 0.344 e. The first-order valence-corrected chi connectivity index (χ1v) is 10.5. The SMILES string of the molecule is CC1CCC(n2ccc(=O)c3cnc4c(ccn4SF)c32)CC1.Cc1cn[nH]c1. The van der Waals surface area contributed by atoms with Crippen LogP contribution in [-0.4, -0.2) is 23.7 Å². The highest BCUT2D eigenvalue weighted by molar-refractivity contribution is 7.92. The van der Waals surface area contributed by atoms with Gasteiger partial charge in [-0.1, -0.05) is 6.92 Å². The van der Waals surface area contributed by atoms with E-state index in [-0.39, 0.29) is 17.8 Å². The van der Waals surface area contributed by atoms with Crippen LogP contribution in [0, 0.1) is 12.8 Å². The molecule has 1 aliphatic rings. The van der Waals surface area contributed by atoms with Crippen LogP contribution in [0.5, 0.6) is 0 Å². The lowest BCUT2D eigenvalue weighted by atomic mass is 9.87. The fourth-order valence-electron chi connectivity index (χ4n) is 4.02. The Bertz CT molecular complexity index is 1160. The van der Waals surface area contributed by atoms with E-state index >= 15 is 0 Å². The number of aromatic amines is 1. The fourth-order valence-corrected chi connectivity index (χ4v) is 4.33. The topological polar surface area (TPSA) is 68.5 Å². The van der Waals surface area contributed by atoms with E-state index in [1.165, 1.54) is 22.4 Å². The lowest BCUT2D eigenvalue weighted by molar-refractivity contribution is 0.294. The van der Waals surface area contributed by atoms with Crippen LogP contribution in [0.3, 0.4) is 0 Å². The third kappa shape index (κ3) is 3.94. The van der Waals surface area contributed by atoms with Gasteiger partial charge in [0, 0.05) is 42.3 Å². The number of halogens is 1. The smallest absolute Gasteiger partial charge is 0.190 e. The van der Waals surface area contributed by atoms with Crippen molar-refractivity contribution < 1.29 is 3.89 Å². The lowest BCUT2D eigenvalue weighted by Crippen LogP contribution is -2.19. The van der Waals surface area contributed by atoms with E-state index in [1.54, 1.807) is 24.7 Å². The minimum atomic E-state index is -0.0320. The highest BCUT2D eigenvalue weighted by Gasteiger charge is 2.22. The zero-order chi connectivity index (χ0) is 20.4. The molecule has 0 atom stereocenters. The van der Waals surface area contributed by atoms with Gasteiger partial charge in [-0.2, -0.15) is 5.10 Å². The van der Waals surface area contributed by atoms with Crippen molar-refractivity contribution in [2.45, 2.75) is 45.6 Å². The van der Waals surface area contributed by atoms with Gasteiger partial charge in [0.05, 0.1) is 17.1 Å². The average Bonchev–Trinajstić information content (AvgIpc) is 3.38. The van der Waals surface area contributed by atoms with Crippen molar-refractivity contribution in [1.82, 2.24) is 23.7 Å². The molecule has 0 saturated heterocycles. The molecule has 0 aliphatic heterocycles. The molecule has 0 radical (unpaired) electrons. The van der Waals surface area contributed by atoms with Crippen LogP contribution in [0.25, 0.3) is 21.9 Å². The Morgan fingerprint density at radius 3 is 2.55 bits per heavy atom. The molecule has 8 heteroatoms. The number of nitrogens with one attached hydrogen (secondary N) is 1. The van der Waals surface area contributed by atoms with Gasteiger partial charge in [-0.15, -0.1) is 3.89 Å². The Labute approximate surface area is 172 Å². The second kappa shape index (κ2) is 8.41. The summed E-state index contributed by atoms with van der Waals surface area (Å²) < 4.78 is 16.6. The maximum Gasteiger partial charge on any atom is 0.190 e. The van der Waals surface area contributed by atoms with Gasteiger partial charge in [0.25, 0.3) is 0 Å². The van der Waals surface area contributed by atoms with Crippen LogP contribution >= 0.6 is 12.3 Å². The van der Waals surface area contributed by atoms with Crippen LogP contribution in [-0.2, 0) is 0 Å². The molecule has 0 amide bonds. The summed E-state index contributed by atoms with van der Waals surface area (Å²) >= 11 is 0.126. The zero-order valence-corrected chi connectivity index (χ0v) is 17.3. The number of nitrogens with zero attached hydrogens (tertiary/aromatic N) is 4. The molecule has 4 aromatic heterocycles. The monoisotopic (exact) mass is 413 g/mol. The Morgan fingerprint density at radius 2 is 1.93 bits per heavy atom. The molecule has 0 bridgehead atoms. The Hall–Kier alpha value is -2.61. The first-order valence-electron chi connectivity index (χ1n) is 9.84. The van der Waals surface area contributed by atoms with Gasteiger partial charge in [-0.05, 0) is 50.2 Å². The number of rotatable bonds is 2. The van der Waals surface area contributed by atoms with Crippen LogP contribution in [0.4, 0.5) is 3.89 Å². The van der Waals surface area contributed by atoms with Gasteiger partial charge in [-0.25, -0.2) is 8.96 Å². The van der Waals surface area contributed by atoms with Crippen molar-refractivity contribution in [3.8, 4) is 0 Å². The summed E-state index contributed by atoms with van der Waals surface area (Å²) in [6.45, 7) is 4.28. The number of H-pyrrole nitrogens is 1. The quantitative estimate of drug-likeness (QED) is 0.490. The van der Waals surface area contributed by atoms with E-state index < -0.39 is 0 Å². The maximum atomic E-state index is 13.0. The summed E-state index contributed by atoms with van der Waals surface area (Å²) in [5.41, 5.74) is 2.59. The molecule has 6 nitrogen and oxygen atoms in total. The van der Waals surface area contributed by atoms with E-state index in [0.29, 0.717) is 17.1 Å². The molecule has 0 unspecified atom stereocenters. The molecule has 5 rings (SSSR count).